The van der Waals surface area contributed by atoms with E-state index in [1.807, 2.05) is 6.92 Å². The molecule has 1 aromatic rings. The highest BCUT2D eigenvalue weighted by molar-refractivity contribution is 5.93. The molecular formula is C31H43FN2O6. The summed E-state index contributed by atoms with van der Waals surface area (Å²) in [6, 6.07) is 3.29. The van der Waals surface area contributed by atoms with Crippen LogP contribution in [-0.4, -0.2) is 72.9 Å². The molecule has 1 aromatic carbocycles. The summed E-state index contributed by atoms with van der Waals surface area (Å²) in [5.74, 6) is -0.322. The fourth-order valence-corrected chi connectivity index (χ4v) is 6.37. The molecule has 1 aliphatic carbocycles. The monoisotopic (exact) mass is 558 g/mol. The van der Waals surface area contributed by atoms with Crippen LogP contribution in [0.4, 0.5) is 9.18 Å². The van der Waals surface area contributed by atoms with E-state index in [9.17, 15) is 14.7 Å². The third-order valence-corrected chi connectivity index (χ3v) is 8.66. The number of ether oxygens (including phenoxy) is 3. The highest BCUT2D eigenvalue weighted by atomic mass is 19.1. The van der Waals surface area contributed by atoms with E-state index in [4.69, 9.17) is 14.2 Å². The second kappa shape index (κ2) is 14.1. The first-order chi connectivity index (χ1) is 19.3. The minimum atomic E-state index is -0.541. The van der Waals surface area contributed by atoms with Gasteiger partial charge in [0, 0.05) is 43.1 Å². The molecule has 0 spiro atoms. The van der Waals surface area contributed by atoms with Crippen molar-refractivity contribution in [2.75, 3.05) is 40.1 Å². The van der Waals surface area contributed by atoms with Crippen LogP contribution in [0.2, 0.25) is 0 Å². The number of piperidine rings is 2. The Morgan fingerprint density at radius 3 is 2.55 bits per heavy atom. The number of aliphatic hydroxyl groups is 1. The number of carbonyl (C=O) groups excluding carboxylic acids is 2. The summed E-state index contributed by atoms with van der Waals surface area (Å²) in [6.07, 6.45) is 9.70. The number of amides is 1. The molecule has 2 saturated heterocycles. The first kappa shape index (κ1) is 30.1. The maximum Gasteiger partial charge on any atom is 0.415 e. The predicted octanol–water partition coefficient (Wildman–Crippen LogP) is 5.09. The minimum Gasteiger partial charge on any atom is -0.493 e. The molecule has 3 aliphatic rings. The fourth-order valence-electron chi connectivity index (χ4n) is 6.37. The van der Waals surface area contributed by atoms with Crippen LogP contribution in [0.3, 0.4) is 0 Å². The number of hydrogen-bond acceptors (Lipinski definition) is 7. The lowest BCUT2D eigenvalue weighted by Gasteiger charge is -2.39. The highest BCUT2D eigenvalue weighted by Gasteiger charge is 2.34. The van der Waals surface area contributed by atoms with Gasteiger partial charge in [-0.25, -0.2) is 9.18 Å². The van der Waals surface area contributed by atoms with Crippen LogP contribution in [0, 0.1) is 23.6 Å². The van der Waals surface area contributed by atoms with Crippen molar-refractivity contribution in [3.05, 3.63) is 48.0 Å². The van der Waals surface area contributed by atoms with Crippen LogP contribution in [-0.2, 0) is 16.0 Å². The number of benzene rings is 1. The number of methoxy groups -OCH3 is 1. The van der Waals surface area contributed by atoms with Crippen molar-refractivity contribution >= 4 is 11.9 Å². The van der Waals surface area contributed by atoms with Gasteiger partial charge in [-0.05, 0) is 75.6 Å². The molecule has 8 nitrogen and oxygen atoms in total. The van der Waals surface area contributed by atoms with Crippen LogP contribution in [0.5, 0.6) is 11.5 Å². The van der Waals surface area contributed by atoms with Gasteiger partial charge in [0.05, 0.1) is 7.11 Å². The van der Waals surface area contributed by atoms with E-state index in [1.54, 1.807) is 11.0 Å². The first-order valence-corrected chi connectivity index (χ1v) is 14.5. The number of allylic oxidation sites excluding steroid dienone is 3. The van der Waals surface area contributed by atoms with Gasteiger partial charge in [0.2, 0.25) is 0 Å². The maximum atomic E-state index is 15.2. The Morgan fingerprint density at radius 2 is 1.90 bits per heavy atom. The van der Waals surface area contributed by atoms with Crippen LogP contribution >= 0.6 is 0 Å². The topological polar surface area (TPSA) is 88.5 Å². The average Bonchev–Trinajstić information content (AvgIpc) is 2.96. The molecule has 2 aliphatic heterocycles. The van der Waals surface area contributed by atoms with Gasteiger partial charge < -0.3 is 29.1 Å². The quantitative estimate of drug-likeness (QED) is 0.316. The molecule has 9 heteroatoms. The van der Waals surface area contributed by atoms with Gasteiger partial charge in [0.25, 0.3) is 0 Å². The number of carbonyl (C=O) groups is 2. The Balaban J connectivity index is 1.43. The molecule has 3 atom stereocenters. The summed E-state index contributed by atoms with van der Waals surface area (Å²) in [6.45, 7) is 8.69. The van der Waals surface area contributed by atoms with Crippen molar-refractivity contribution in [2.45, 2.75) is 64.3 Å². The van der Waals surface area contributed by atoms with Crippen LogP contribution < -0.4 is 9.47 Å². The van der Waals surface area contributed by atoms with Gasteiger partial charge in [0.15, 0.2) is 24.1 Å². The van der Waals surface area contributed by atoms with Crippen molar-refractivity contribution in [2.24, 2.45) is 17.8 Å². The number of aliphatic hydroxyl groups excluding tert-OH is 1. The van der Waals surface area contributed by atoms with Crippen molar-refractivity contribution in [1.29, 1.82) is 0 Å². The number of rotatable bonds is 10. The van der Waals surface area contributed by atoms with Gasteiger partial charge in [-0.15, -0.1) is 6.58 Å². The Kier molecular flexibility index (Phi) is 10.6. The molecule has 220 valence electrons. The number of ketones is 1. The summed E-state index contributed by atoms with van der Waals surface area (Å²) in [7, 11) is 1.42. The second-order valence-electron chi connectivity index (χ2n) is 11.2. The van der Waals surface area contributed by atoms with E-state index in [2.05, 4.69) is 11.5 Å². The highest BCUT2D eigenvalue weighted by Crippen LogP contribution is 2.38. The molecule has 2 heterocycles. The zero-order chi connectivity index (χ0) is 28.6. The average molecular weight is 559 g/mol. The molecule has 2 fully saturated rings. The lowest BCUT2D eigenvalue weighted by atomic mass is 9.75. The van der Waals surface area contributed by atoms with Crippen molar-refractivity contribution < 1.29 is 33.3 Å². The molecule has 0 aromatic heterocycles. The molecule has 40 heavy (non-hydrogen) atoms. The molecule has 2 unspecified atom stereocenters. The number of likely N-dealkylation sites (tertiary alicyclic amines) is 2. The van der Waals surface area contributed by atoms with E-state index >= 15 is 4.39 Å². The lowest BCUT2D eigenvalue weighted by Crippen LogP contribution is -2.48. The number of nitrogens with zero attached hydrogens (tertiary/aromatic N) is 2. The van der Waals surface area contributed by atoms with E-state index in [-0.39, 0.29) is 35.0 Å². The molecule has 1 N–H and O–H groups in total. The molecule has 0 radical (unpaired) electrons. The van der Waals surface area contributed by atoms with Crippen LogP contribution in [0.25, 0.3) is 0 Å². The molecular weight excluding hydrogens is 515 g/mol. The van der Waals surface area contributed by atoms with Gasteiger partial charge in [0.1, 0.15) is 11.6 Å². The summed E-state index contributed by atoms with van der Waals surface area (Å²) >= 11 is 0. The van der Waals surface area contributed by atoms with Gasteiger partial charge in [-0.3, -0.25) is 4.79 Å². The standard InChI is InChI=1S/C31H43FN2O6/c1-4-8-22-16-25(28(39-20-35)19-27(22)36)21(2)15-23-17-30(29(38-3)18-26(23)32)40-31(37)34-13-9-24(10-14-34)33-11-6-5-7-12-33/h4,17-19,21-22,24-25,35H,1,5-16,20H2,2-3H3/t21?,22-,25?/m0/s1. The van der Waals surface area contributed by atoms with Crippen molar-refractivity contribution in [3.8, 4) is 11.5 Å². The SMILES string of the molecule is C=CC[C@H]1CC(C(C)Cc2cc(OC(=O)N3CCC(N4CCCCC4)CC3)c(OC)cc2F)C(OCO)=CC1=O. The van der Waals surface area contributed by atoms with E-state index in [1.165, 1.54) is 44.6 Å². The molecule has 1 amide bonds. The molecule has 0 bridgehead atoms. The first-order valence-electron chi connectivity index (χ1n) is 14.5. The third-order valence-electron chi connectivity index (χ3n) is 8.66. The summed E-state index contributed by atoms with van der Waals surface area (Å²) in [5, 5.41) is 9.35. The normalized spacial score (nSPS) is 23.4. The second-order valence-corrected chi connectivity index (χ2v) is 11.2. The Morgan fingerprint density at radius 1 is 1.18 bits per heavy atom. The third kappa shape index (κ3) is 7.23. The smallest absolute Gasteiger partial charge is 0.415 e. The molecule has 4 rings (SSSR count). The molecule has 0 saturated carbocycles. The van der Waals surface area contributed by atoms with Crippen LogP contribution in [0.1, 0.15) is 57.4 Å². The largest absolute Gasteiger partial charge is 0.493 e. The summed E-state index contributed by atoms with van der Waals surface area (Å²) in [5.41, 5.74) is 0.375. The number of halogens is 1. The van der Waals surface area contributed by atoms with Gasteiger partial charge in [-0.2, -0.15) is 0 Å². The lowest BCUT2D eigenvalue weighted by molar-refractivity contribution is -0.120. The van der Waals surface area contributed by atoms with E-state index < -0.39 is 18.7 Å². The zero-order valence-electron chi connectivity index (χ0n) is 23.8. The zero-order valence-corrected chi connectivity index (χ0v) is 23.8. The van der Waals surface area contributed by atoms with E-state index in [0.29, 0.717) is 49.7 Å². The maximum absolute atomic E-state index is 15.2. The Bertz CT molecular complexity index is 1080. The number of hydrogen-bond donors (Lipinski definition) is 1. The predicted molar refractivity (Wildman–Crippen MR) is 150 cm³/mol. The van der Waals surface area contributed by atoms with Crippen molar-refractivity contribution in [1.82, 2.24) is 9.80 Å². The van der Waals surface area contributed by atoms with Crippen molar-refractivity contribution in [3.63, 3.8) is 0 Å². The Hall–Kier alpha value is -2.91. The Labute approximate surface area is 236 Å². The summed E-state index contributed by atoms with van der Waals surface area (Å²) in [4.78, 5) is 29.8. The minimum absolute atomic E-state index is 0.0587. The fraction of sp³-hybridized carbons (Fsp3) is 0.613. The van der Waals surface area contributed by atoms with Crippen LogP contribution in [0.15, 0.2) is 36.6 Å². The van der Waals surface area contributed by atoms with E-state index in [0.717, 1.165) is 25.9 Å². The van der Waals surface area contributed by atoms with Gasteiger partial charge >= 0.3 is 6.09 Å². The summed E-state index contributed by atoms with van der Waals surface area (Å²) < 4.78 is 31.7. The van der Waals surface area contributed by atoms with Gasteiger partial charge in [-0.1, -0.05) is 19.4 Å².